The van der Waals surface area contributed by atoms with E-state index in [4.69, 9.17) is 16.3 Å². The highest BCUT2D eigenvalue weighted by Gasteiger charge is 2.32. The van der Waals surface area contributed by atoms with Crippen LogP contribution in [-0.4, -0.2) is 23.3 Å². The standard InChI is InChI=1S/C19H18ClNO3/c1-3-8-24-19(23)18-11(2)17-15(21-18)9-12(10-16(17)22)13-6-4-5-7-14(13)20/h3-7,12,21H,1,8-10H2,2H3. The maximum absolute atomic E-state index is 12.6. The van der Waals surface area contributed by atoms with Crippen LogP contribution in [0.5, 0.6) is 0 Å². The number of Topliss-reactive ketones (excluding diaryl/α,β-unsaturated/α-hetero) is 1. The van der Waals surface area contributed by atoms with E-state index in [0.29, 0.717) is 34.7 Å². The van der Waals surface area contributed by atoms with Gasteiger partial charge in [0, 0.05) is 22.7 Å². The highest BCUT2D eigenvalue weighted by atomic mass is 35.5. The van der Waals surface area contributed by atoms with Gasteiger partial charge in [0.05, 0.1) is 0 Å². The van der Waals surface area contributed by atoms with Gasteiger partial charge in [-0.2, -0.15) is 0 Å². The fourth-order valence-corrected chi connectivity index (χ4v) is 3.56. The number of carbonyl (C=O) groups excluding carboxylic acids is 2. The van der Waals surface area contributed by atoms with E-state index in [-0.39, 0.29) is 18.3 Å². The Morgan fingerprint density at radius 3 is 2.88 bits per heavy atom. The molecule has 1 unspecified atom stereocenters. The van der Waals surface area contributed by atoms with Gasteiger partial charge < -0.3 is 9.72 Å². The molecule has 1 N–H and O–H groups in total. The number of carbonyl (C=O) groups is 2. The molecule has 0 aliphatic heterocycles. The lowest BCUT2D eigenvalue weighted by atomic mass is 9.81. The summed E-state index contributed by atoms with van der Waals surface area (Å²) in [5.41, 5.74) is 3.35. The lowest BCUT2D eigenvalue weighted by Gasteiger charge is -2.22. The van der Waals surface area contributed by atoms with Crippen LogP contribution in [0.2, 0.25) is 5.02 Å². The van der Waals surface area contributed by atoms with Crippen molar-refractivity contribution >= 4 is 23.4 Å². The predicted molar refractivity (Wildman–Crippen MR) is 92.9 cm³/mol. The molecule has 0 bridgehead atoms. The monoisotopic (exact) mass is 343 g/mol. The zero-order chi connectivity index (χ0) is 17.3. The summed E-state index contributed by atoms with van der Waals surface area (Å²) in [7, 11) is 0. The number of esters is 1. The molecule has 24 heavy (non-hydrogen) atoms. The van der Waals surface area contributed by atoms with Gasteiger partial charge in [0.15, 0.2) is 5.78 Å². The number of fused-ring (bicyclic) bond motifs is 1. The van der Waals surface area contributed by atoms with Crippen molar-refractivity contribution in [2.75, 3.05) is 6.61 Å². The molecule has 2 aromatic rings. The number of ether oxygens (including phenoxy) is 1. The number of benzene rings is 1. The fourth-order valence-electron chi connectivity index (χ4n) is 3.27. The molecule has 4 nitrogen and oxygen atoms in total. The number of H-pyrrole nitrogens is 1. The van der Waals surface area contributed by atoms with Crippen molar-refractivity contribution in [1.82, 2.24) is 4.98 Å². The lowest BCUT2D eigenvalue weighted by molar-refractivity contribution is 0.0542. The number of hydrogen-bond acceptors (Lipinski definition) is 3. The number of ketones is 1. The highest BCUT2D eigenvalue weighted by molar-refractivity contribution is 6.31. The van der Waals surface area contributed by atoms with Crippen LogP contribution < -0.4 is 0 Å². The van der Waals surface area contributed by atoms with Crippen molar-refractivity contribution < 1.29 is 14.3 Å². The topological polar surface area (TPSA) is 59.2 Å². The number of rotatable bonds is 4. The summed E-state index contributed by atoms with van der Waals surface area (Å²) < 4.78 is 5.08. The third-order valence-corrected chi connectivity index (χ3v) is 4.71. The molecule has 124 valence electrons. The van der Waals surface area contributed by atoms with Crippen LogP contribution in [0, 0.1) is 6.92 Å². The zero-order valence-corrected chi connectivity index (χ0v) is 14.2. The Balaban J connectivity index is 1.94. The molecule has 1 aromatic heterocycles. The second kappa shape index (κ2) is 6.65. The van der Waals surface area contributed by atoms with Gasteiger partial charge in [-0.05, 0) is 36.5 Å². The first-order valence-electron chi connectivity index (χ1n) is 7.80. The van der Waals surface area contributed by atoms with Gasteiger partial charge in [-0.1, -0.05) is 42.5 Å². The van der Waals surface area contributed by atoms with E-state index in [2.05, 4.69) is 11.6 Å². The molecule has 3 rings (SSSR count). The van der Waals surface area contributed by atoms with Gasteiger partial charge in [-0.15, -0.1) is 0 Å². The van der Waals surface area contributed by atoms with Gasteiger partial charge >= 0.3 is 5.97 Å². The summed E-state index contributed by atoms with van der Waals surface area (Å²) in [6.07, 6.45) is 2.53. The normalized spacial score (nSPS) is 16.6. The van der Waals surface area contributed by atoms with Crippen LogP contribution in [0.1, 0.15) is 50.0 Å². The van der Waals surface area contributed by atoms with Crippen molar-refractivity contribution in [1.29, 1.82) is 0 Å². The highest BCUT2D eigenvalue weighted by Crippen LogP contribution is 2.37. The third kappa shape index (κ3) is 2.89. The quantitative estimate of drug-likeness (QED) is 0.667. The first-order valence-corrected chi connectivity index (χ1v) is 8.17. The number of aromatic amines is 1. The van der Waals surface area contributed by atoms with Gasteiger partial charge in [0.25, 0.3) is 0 Å². The summed E-state index contributed by atoms with van der Waals surface area (Å²) in [6.45, 7) is 5.43. The molecule has 1 aliphatic rings. The summed E-state index contributed by atoms with van der Waals surface area (Å²) in [5.74, 6) is -0.435. The summed E-state index contributed by atoms with van der Waals surface area (Å²) >= 11 is 6.27. The fraction of sp³-hybridized carbons (Fsp3) is 0.263. The second-order valence-corrected chi connectivity index (χ2v) is 6.32. The average Bonchev–Trinajstić information content (AvgIpc) is 2.90. The molecule has 0 saturated carbocycles. The maximum Gasteiger partial charge on any atom is 0.355 e. The average molecular weight is 344 g/mol. The van der Waals surface area contributed by atoms with Crippen molar-refractivity contribution in [3.05, 3.63) is 70.0 Å². The van der Waals surface area contributed by atoms with Crippen LogP contribution in [0.25, 0.3) is 0 Å². The minimum Gasteiger partial charge on any atom is -0.457 e. The van der Waals surface area contributed by atoms with Crippen molar-refractivity contribution in [3.8, 4) is 0 Å². The van der Waals surface area contributed by atoms with E-state index in [9.17, 15) is 9.59 Å². The second-order valence-electron chi connectivity index (χ2n) is 5.92. The van der Waals surface area contributed by atoms with Crippen LogP contribution in [0.15, 0.2) is 36.9 Å². The zero-order valence-electron chi connectivity index (χ0n) is 13.4. The van der Waals surface area contributed by atoms with Crippen molar-refractivity contribution in [2.45, 2.75) is 25.7 Å². The Morgan fingerprint density at radius 1 is 1.42 bits per heavy atom. The van der Waals surface area contributed by atoms with Crippen LogP contribution in [-0.2, 0) is 11.2 Å². The molecule has 0 spiro atoms. The Labute approximate surface area is 145 Å². The molecule has 0 fully saturated rings. The molecule has 1 heterocycles. The largest absolute Gasteiger partial charge is 0.457 e. The van der Waals surface area contributed by atoms with Crippen molar-refractivity contribution in [3.63, 3.8) is 0 Å². The Hall–Kier alpha value is -2.33. The lowest BCUT2D eigenvalue weighted by Crippen LogP contribution is -2.18. The Bertz CT molecular complexity index is 822. The Kier molecular flexibility index (Phi) is 4.58. The molecule has 1 aliphatic carbocycles. The van der Waals surface area contributed by atoms with Gasteiger partial charge in [-0.25, -0.2) is 4.79 Å². The van der Waals surface area contributed by atoms with Crippen LogP contribution in [0.3, 0.4) is 0 Å². The van der Waals surface area contributed by atoms with Crippen molar-refractivity contribution in [2.24, 2.45) is 0 Å². The molecule has 0 saturated heterocycles. The van der Waals surface area contributed by atoms with E-state index in [0.717, 1.165) is 11.3 Å². The summed E-state index contributed by atoms with van der Waals surface area (Å²) in [4.78, 5) is 27.8. The van der Waals surface area contributed by atoms with E-state index in [1.807, 2.05) is 24.3 Å². The molecule has 1 aromatic carbocycles. The predicted octanol–water partition coefficient (Wildman–Crippen LogP) is 4.23. The maximum atomic E-state index is 12.6. The Morgan fingerprint density at radius 2 is 2.17 bits per heavy atom. The van der Waals surface area contributed by atoms with Gasteiger partial charge in [-0.3, -0.25) is 4.79 Å². The minimum atomic E-state index is -0.469. The van der Waals surface area contributed by atoms with E-state index in [1.54, 1.807) is 6.92 Å². The third-order valence-electron chi connectivity index (χ3n) is 4.37. The SMILES string of the molecule is C=CCOC(=O)c1[nH]c2c(c1C)C(=O)CC(c1ccccc1Cl)C2. The van der Waals surface area contributed by atoms with Crippen LogP contribution >= 0.6 is 11.6 Å². The molecule has 1 atom stereocenters. The van der Waals surface area contributed by atoms with E-state index < -0.39 is 5.97 Å². The first kappa shape index (κ1) is 16.5. The summed E-state index contributed by atoms with van der Waals surface area (Å²) in [5, 5.41) is 0.660. The van der Waals surface area contributed by atoms with Crippen LogP contribution in [0.4, 0.5) is 0 Å². The van der Waals surface area contributed by atoms with E-state index in [1.165, 1.54) is 6.08 Å². The molecule has 0 radical (unpaired) electrons. The molecular formula is C19H18ClNO3. The minimum absolute atomic E-state index is 0.00814. The smallest absolute Gasteiger partial charge is 0.355 e. The molecule has 5 heteroatoms. The van der Waals surface area contributed by atoms with Gasteiger partial charge in [0.1, 0.15) is 12.3 Å². The summed E-state index contributed by atoms with van der Waals surface area (Å²) in [6, 6.07) is 7.56. The molecular weight excluding hydrogens is 326 g/mol. The first-order chi connectivity index (χ1) is 11.5. The number of hydrogen-bond donors (Lipinski definition) is 1. The molecule has 0 amide bonds. The van der Waals surface area contributed by atoms with Gasteiger partial charge in [0.2, 0.25) is 0 Å². The number of halogens is 1. The number of aromatic nitrogens is 1. The number of nitrogens with one attached hydrogen (secondary N) is 1. The van der Waals surface area contributed by atoms with E-state index >= 15 is 0 Å².